The van der Waals surface area contributed by atoms with Gasteiger partial charge in [-0.3, -0.25) is 4.79 Å². The highest BCUT2D eigenvalue weighted by molar-refractivity contribution is 5.78. The van der Waals surface area contributed by atoms with E-state index in [4.69, 9.17) is 9.84 Å². The van der Waals surface area contributed by atoms with Crippen LogP contribution in [0.5, 0.6) is 0 Å². The van der Waals surface area contributed by atoms with E-state index < -0.39 is 12.1 Å². The number of rotatable bonds is 4. The van der Waals surface area contributed by atoms with E-state index in [0.29, 0.717) is 19.5 Å². The summed E-state index contributed by atoms with van der Waals surface area (Å²) in [5, 5.41) is 8.85. The molecule has 0 unspecified atom stereocenters. The van der Waals surface area contributed by atoms with E-state index in [1.165, 1.54) is 0 Å². The number of amides is 1. The number of aliphatic carboxylic acids is 1. The summed E-state index contributed by atoms with van der Waals surface area (Å²) in [5.41, 5.74) is 0. The van der Waals surface area contributed by atoms with Gasteiger partial charge in [0.05, 0.1) is 13.2 Å². The van der Waals surface area contributed by atoms with Crippen molar-refractivity contribution in [3.63, 3.8) is 0 Å². The van der Waals surface area contributed by atoms with E-state index >= 15 is 0 Å². The van der Waals surface area contributed by atoms with Gasteiger partial charge in [0, 0.05) is 31.9 Å². The number of aromatic nitrogens is 1. The molecule has 6 heteroatoms. The van der Waals surface area contributed by atoms with Gasteiger partial charge in [0.25, 0.3) is 0 Å². The van der Waals surface area contributed by atoms with Crippen molar-refractivity contribution >= 4 is 11.9 Å². The number of carboxylic acid groups (broad SMARTS) is 1. The summed E-state index contributed by atoms with van der Waals surface area (Å²) in [6, 6.07) is 3.80. The molecule has 6 nitrogen and oxygen atoms in total. The van der Waals surface area contributed by atoms with E-state index in [0.717, 1.165) is 0 Å². The Morgan fingerprint density at radius 2 is 2.06 bits per heavy atom. The lowest BCUT2D eigenvalue weighted by molar-refractivity contribution is -0.159. The Kier molecular flexibility index (Phi) is 3.99. The van der Waals surface area contributed by atoms with Gasteiger partial charge >= 0.3 is 5.97 Å². The number of hydrogen-bond donors (Lipinski definition) is 1. The summed E-state index contributed by atoms with van der Waals surface area (Å²) < 4.78 is 7.00. The molecule has 1 aliphatic heterocycles. The van der Waals surface area contributed by atoms with E-state index in [9.17, 15) is 9.59 Å². The number of hydrogen-bond acceptors (Lipinski definition) is 3. The third kappa shape index (κ3) is 3.10. The van der Waals surface area contributed by atoms with Crippen molar-refractivity contribution < 1.29 is 19.4 Å². The Labute approximate surface area is 105 Å². The molecule has 1 saturated heterocycles. The molecule has 1 aliphatic rings. The number of carbonyl (C=O) groups is 2. The molecule has 0 saturated carbocycles. The molecule has 98 valence electrons. The first-order valence-electron chi connectivity index (χ1n) is 5.90. The summed E-state index contributed by atoms with van der Waals surface area (Å²) in [5.74, 6) is -1.05. The quantitative estimate of drug-likeness (QED) is 0.830. The molecule has 2 heterocycles. The number of carboxylic acids is 1. The highest BCUT2D eigenvalue weighted by atomic mass is 16.5. The van der Waals surface area contributed by atoms with Gasteiger partial charge in [-0.2, -0.15) is 0 Å². The molecule has 0 aliphatic carbocycles. The zero-order chi connectivity index (χ0) is 13.0. The normalized spacial score (nSPS) is 19.8. The largest absolute Gasteiger partial charge is 0.479 e. The maximum absolute atomic E-state index is 11.9. The molecule has 2 rings (SSSR count). The number of aryl methyl sites for hydroxylation is 1. The van der Waals surface area contributed by atoms with Crippen molar-refractivity contribution in [2.45, 2.75) is 19.1 Å². The third-order valence-corrected chi connectivity index (χ3v) is 2.94. The first-order valence-corrected chi connectivity index (χ1v) is 5.90. The summed E-state index contributed by atoms with van der Waals surface area (Å²) >= 11 is 0. The fourth-order valence-electron chi connectivity index (χ4n) is 1.93. The van der Waals surface area contributed by atoms with E-state index in [-0.39, 0.29) is 19.1 Å². The monoisotopic (exact) mass is 252 g/mol. The molecule has 0 spiro atoms. The minimum Gasteiger partial charge on any atom is -0.479 e. The van der Waals surface area contributed by atoms with Gasteiger partial charge in [0.15, 0.2) is 6.10 Å². The van der Waals surface area contributed by atoms with Crippen molar-refractivity contribution in [1.29, 1.82) is 0 Å². The van der Waals surface area contributed by atoms with Crippen molar-refractivity contribution in [1.82, 2.24) is 9.47 Å². The molecule has 0 bridgehead atoms. The van der Waals surface area contributed by atoms with Crippen molar-refractivity contribution in [3.8, 4) is 0 Å². The van der Waals surface area contributed by atoms with Gasteiger partial charge in [0.1, 0.15) is 0 Å². The maximum Gasteiger partial charge on any atom is 0.334 e. The molecular formula is C12H16N2O4. The van der Waals surface area contributed by atoms with Crippen LogP contribution in [-0.2, 0) is 20.9 Å². The Bertz CT molecular complexity index is 416. The van der Waals surface area contributed by atoms with Gasteiger partial charge in [0.2, 0.25) is 5.91 Å². The summed E-state index contributed by atoms with van der Waals surface area (Å²) in [4.78, 5) is 24.3. The lowest BCUT2D eigenvalue weighted by Crippen LogP contribution is -2.48. The smallest absolute Gasteiger partial charge is 0.334 e. The van der Waals surface area contributed by atoms with Gasteiger partial charge in [-0.15, -0.1) is 0 Å². The molecule has 0 radical (unpaired) electrons. The second-order valence-electron chi connectivity index (χ2n) is 4.21. The molecule has 1 fully saturated rings. The summed E-state index contributed by atoms with van der Waals surface area (Å²) in [7, 11) is 0. The number of carbonyl (C=O) groups excluding carboxylic acids is 1. The lowest BCUT2D eigenvalue weighted by Gasteiger charge is -2.31. The maximum atomic E-state index is 11.9. The predicted molar refractivity (Wildman–Crippen MR) is 63.0 cm³/mol. The number of nitrogens with zero attached hydrogens (tertiary/aromatic N) is 2. The minimum absolute atomic E-state index is 0.0294. The predicted octanol–water partition coefficient (Wildman–Crippen LogP) is 0.190. The van der Waals surface area contributed by atoms with Crippen molar-refractivity contribution in [2.75, 3.05) is 19.7 Å². The van der Waals surface area contributed by atoms with Crippen LogP contribution >= 0.6 is 0 Å². The van der Waals surface area contributed by atoms with Crippen LogP contribution in [0.4, 0.5) is 0 Å². The first kappa shape index (κ1) is 12.6. The van der Waals surface area contributed by atoms with Crippen LogP contribution in [0.3, 0.4) is 0 Å². The van der Waals surface area contributed by atoms with Crippen LogP contribution in [-0.4, -0.2) is 52.3 Å². The summed E-state index contributed by atoms with van der Waals surface area (Å²) in [6.07, 6.45) is 3.27. The van der Waals surface area contributed by atoms with Gasteiger partial charge in [-0.05, 0) is 12.1 Å². The van der Waals surface area contributed by atoms with Crippen LogP contribution in [0.1, 0.15) is 6.42 Å². The second-order valence-corrected chi connectivity index (χ2v) is 4.21. The average molecular weight is 252 g/mol. The molecule has 18 heavy (non-hydrogen) atoms. The third-order valence-electron chi connectivity index (χ3n) is 2.94. The van der Waals surface area contributed by atoms with Crippen LogP contribution in [0, 0.1) is 0 Å². The molecule has 1 aromatic heterocycles. The fourth-order valence-corrected chi connectivity index (χ4v) is 1.93. The molecular weight excluding hydrogens is 236 g/mol. The van der Waals surface area contributed by atoms with Gasteiger partial charge < -0.3 is 19.3 Å². The topological polar surface area (TPSA) is 71.8 Å². The van der Waals surface area contributed by atoms with Gasteiger partial charge in [-0.1, -0.05) is 0 Å². The minimum atomic E-state index is -1.02. The highest BCUT2D eigenvalue weighted by Crippen LogP contribution is 2.08. The Balaban J connectivity index is 1.83. The number of morpholine rings is 1. The highest BCUT2D eigenvalue weighted by Gasteiger charge is 2.28. The summed E-state index contributed by atoms with van der Waals surface area (Å²) in [6.45, 7) is 1.50. The standard InChI is InChI=1S/C12H16N2O4/c15-11(3-6-13-4-1-2-5-13)14-7-8-18-10(9-14)12(16)17/h1-2,4-5,10H,3,6-9H2,(H,16,17)/t10-/m1/s1. The molecule has 1 amide bonds. The Morgan fingerprint density at radius 3 is 2.72 bits per heavy atom. The van der Waals surface area contributed by atoms with Crippen molar-refractivity contribution in [3.05, 3.63) is 24.5 Å². The molecule has 0 aromatic carbocycles. The molecule has 1 atom stereocenters. The van der Waals surface area contributed by atoms with E-state index in [2.05, 4.69) is 0 Å². The lowest BCUT2D eigenvalue weighted by atomic mass is 10.2. The molecule has 1 aromatic rings. The first-order chi connectivity index (χ1) is 8.66. The Hall–Kier alpha value is -1.82. The fraction of sp³-hybridized carbons (Fsp3) is 0.500. The molecule has 1 N–H and O–H groups in total. The second kappa shape index (κ2) is 5.68. The van der Waals surface area contributed by atoms with E-state index in [1.54, 1.807) is 4.90 Å². The van der Waals surface area contributed by atoms with Gasteiger partial charge in [-0.25, -0.2) is 4.79 Å². The Morgan fingerprint density at radius 1 is 1.33 bits per heavy atom. The zero-order valence-electron chi connectivity index (χ0n) is 9.99. The zero-order valence-corrected chi connectivity index (χ0v) is 9.99. The average Bonchev–Trinajstić information content (AvgIpc) is 2.89. The van der Waals surface area contributed by atoms with Crippen LogP contribution < -0.4 is 0 Å². The van der Waals surface area contributed by atoms with Crippen LogP contribution in [0.15, 0.2) is 24.5 Å². The van der Waals surface area contributed by atoms with Crippen LogP contribution in [0.25, 0.3) is 0 Å². The SMILES string of the molecule is O=C(O)[C@H]1CN(C(=O)CCn2cccc2)CCO1. The number of ether oxygens (including phenoxy) is 1. The van der Waals surface area contributed by atoms with Crippen LogP contribution in [0.2, 0.25) is 0 Å². The van der Waals surface area contributed by atoms with Crippen molar-refractivity contribution in [2.24, 2.45) is 0 Å². The van der Waals surface area contributed by atoms with E-state index in [1.807, 2.05) is 29.1 Å².